The van der Waals surface area contributed by atoms with Crippen LogP contribution < -0.4 is 5.73 Å². The minimum atomic E-state index is -0.163. The van der Waals surface area contributed by atoms with E-state index in [1.165, 1.54) is 24.1 Å². The van der Waals surface area contributed by atoms with E-state index in [2.05, 4.69) is 9.80 Å². The average Bonchev–Trinajstić information content (AvgIpc) is 2.59. The molecule has 1 aromatic rings. The third-order valence-corrected chi connectivity index (χ3v) is 3.45. The van der Waals surface area contributed by atoms with Gasteiger partial charge in [-0.1, -0.05) is 12.1 Å². The summed E-state index contributed by atoms with van der Waals surface area (Å²) in [6.07, 6.45) is 1.18. The maximum atomic E-state index is 12.8. The molecule has 0 amide bonds. The molecule has 1 heterocycles. The molecule has 0 unspecified atom stereocenters. The van der Waals surface area contributed by atoms with Crippen LogP contribution in [0.5, 0.6) is 0 Å². The van der Waals surface area contributed by atoms with Crippen LogP contribution in [0.4, 0.5) is 4.39 Å². The van der Waals surface area contributed by atoms with Crippen LogP contribution in [0.15, 0.2) is 24.3 Å². The zero-order chi connectivity index (χ0) is 12.8. The topological polar surface area (TPSA) is 32.5 Å². The van der Waals surface area contributed by atoms with Crippen molar-refractivity contribution >= 4 is 12.4 Å². The first-order valence-electron chi connectivity index (χ1n) is 6.67. The van der Waals surface area contributed by atoms with Gasteiger partial charge in [-0.2, -0.15) is 0 Å². The minimum absolute atomic E-state index is 0. The number of hydrogen-bond acceptors (Lipinski definition) is 3. The van der Waals surface area contributed by atoms with E-state index in [4.69, 9.17) is 5.73 Å². The van der Waals surface area contributed by atoms with Gasteiger partial charge in [0.15, 0.2) is 0 Å². The van der Waals surface area contributed by atoms with E-state index in [0.29, 0.717) is 0 Å². The van der Waals surface area contributed by atoms with Crippen LogP contribution in [0.3, 0.4) is 0 Å². The Labute approximate surface area is 121 Å². The van der Waals surface area contributed by atoms with E-state index < -0.39 is 0 Å². The Balaban J connectivity index is 0.00000180. The lowest BCUT2D eigenvalue weighted by Gasteiger charge is -2.21. The van der Waals surface area contributed by atoms with Crippen molar-refractivity contribution in [2.75, 3.05) is 39.3 Å². The van der Waals surface area contributed by atoms with E-state index >= 15 is 0 Å². The van der Waals surface area contributed by atoms with Crippen LogP contribution in [0.2, 0.25) is 0 Å². The van der Waals surface area contributed by atoms with Crippen molar-refractivity contribution in [3.63, 3.8) is 0 Å². The summed E-state index contributed by atoms with van der Waals surface area (Å²) in [5.74, 6) is -0.163. The second-order valence-corrected chi connectivity index (χ2v) is 4.89. The number of nitrogens with zero attached hydrogens (tertiary/aromatic N) is 2. The molecule has 0 atom stereocenters. The molecule has 0 saturated carbocycles. The Morgan fingerprint density at radius 3 is 2.32 bits per heavy atom. The van der Waals surface area contributed by atoms with Gasteiger partial charge in [0, 0.05) is 32.7 Å². The summed E-state index contributed by atoms with van der Waals surface area (Å²) in [5.41, 5.74) is 6.78. The highest BCUT2D eigenvalue weighted by atomic mass is 35.5. The van der Waals surface area contributed by atoms with Crippen molar-refractivity contribution in [1.29, 1.82) is 0 Å². The summed E-state index contributed by atoms with van der Waals surface area (Å²) in [5, 5.41) is 0. The normalized spacial score (nSPS) is 17.8. The fourth-order valence-corrected chi connectivity index (χ4v) is 2.44. The van der Waals surface area contributed by atoms with Gasteiger partial charge < -0.3 is 10.6 Å². The predicted octanol–water partition coefficient (Wildman–Crippen LogP) is 1.71. The summed E-state index contributed by atoms with van der Waals surface area (Å²) in [6.45, 7) is 7.03. The molecule has 2 rings (SSSR count). The average molecular weight is 288 g/mol. The molecule has 1 saturated heterocycles. The Morgan fingerprint density at radius 2 is 1.63 bits per heavy atom. The van der Waals surface area contributed by atoms with Gasteiger partial charge in [-0.25, -0.2) is 4.39 Å². The molecule has 1 aliphatic rings. The zero-order valence-corrected chi connectivity index (χ0v) is 12.0. The number of nitrogens with two attached hydrogens (primary N) is 1. The highest BCUT2D eigenvalue weighted by Gasteiger charge is 2.14. The van der Waals surface area contributed by atoms with Crippen molar-refractivity contribution in [3.8, 4) is 0 Å². The van der Waals surface area contributed by atoms with Gasteiger partial charge in [-0.05, 0) is 37.2 Å². The first-order valence-corrected chi connectivity index (χ1v) is 6.67. The molecule has 1 aromatic carbocycles. The SMILES string of the molecule is Cl.NCCN1CCCN(Cc2ccc(F)cc2)CC1. The monoisotopic (exact) mass is 287 g/mol. The van der Waals surface area contributed by atoms with Gasteiger partial charge >= 0.3 is 0 Å². The third-order valence-electron chi connectivity index (χ3n) is 3.45. The minimum Gasteiger partial charge on any atom is -0.329 e. The Bertz CT molecular complexity index is 358. The standard InChI is InChI=1S/C14H22FN3.ClH/c15-14-4-2-13(3-5-14)12-18-8-1-7-17(9-6-16)10-11-18;/h2-5H,1,6-12,16H2;1H. The quantitative estimate of drug-likeness (QED) is 0.915. The van der Waals surface area contributed by atoms with Crippen molar-refractivity contribution in [2.24, 2.45) is 5.73 Å². The van der Waals surface area contributed by atoms with Crippen LogP contribution in [0.1, 0.15) is 12.0 Å². The van der Waals surface area contributed by atoms with E-state index in [1.807, 2.05) is 12.1 Å². The number of benzene rings is 1. The smallest absolute Gasteiger partial charge is 0.123 e. The second kappa shape index (κ2) is 8.48. The Morgan fingerprint density at radius 1 is 1.00 bits per heavy atom. The molecule has 3 nitrogen and oxygen atoms in total. The zero-order valence-electron chi connectivity index (χ0n) is 11.2. The van der Waals surface area contributed by atoms with Crippen molar-refractivity contribution in [3.05, 3.63) is 35.6 Å². The van der Waals surface area contributed by atoms with Crippen LogP contribution in [-0.2, 0) is 6.54 Å². The van der Waals surface area contributed by atoms with Crippen LogP contribution in [0.25, 0.3) is 0 Å². The fraction of sp³-hybridized carbons (Fsp3) is 0.571. The summed E-state index contributed by atoms with van der Waals surface area (Å²) in [6, 6.07) is 6.82. The molecule has 2 N–H and O–H groups in total. The van der Waals surface area contributed by atoms with Crippen molar-refractivity contribution in [2.45, 2.75) is 13.0 Å². The Kier molecular flexibility index (Phi) is 7.31. The second-order valence-electron chi connectivity index (χ2n) is 4.89. The Hall–Kier alpha value is -0.680. The van der Waals surface area contributed by atoms with Crippen molar-refractivity contribution < 1.29 is 4.39 Å². The fourth-order valence-electron chi connectivity index (χ4n) is 2.44. The summed E-state index contributed by atoms with van der Waals surface area (Å²) < 4.78 is 12.8. The van der Waals surface area contributed by atoms with E-state index in [1.54, 1.807) is 0 Å². The molecule has 1 aliphatic heterocycles. The number of hydrogen-bond donors (Lipinski definition) is 1. The van der Waals surface area contributed by atoms with Gasteiger partial charge in [0.05, 0.1) is 0 Å². The van der Waals surface area contributed by atoms with Crippen LogP contribution in [0, 0.1) is 5.82 Å². The predicted molar refractivity (Wildman–Crippen MR) is 79.0 cm³/mol. The van der Waals surface area contributed by atoms with Crippen LogP contribution in [-0.4, -0.2) is 49.1 Å². The van der Waals surface area contributed by atoms with E-state index in [9.17, 15) is 4.39 Å². The maximum absolute atomic E-state index is 12.8. The largest absolute Gasteiger partial charge is 0.329 e. The summed E-state index contributed by atoms with van der Waals surface area (Å²) >= 11 is 0. The molecular weight excluding hydrogens is 265 g/mol. The molecule has 0 bridgehead atoms. The number of halogens is 2. The summed E-state index contributed by atoms with van der Waals surface area (Å²) in [4.78, 5) is 4.86. The molecule has 0 aliphatic carbocycles. The van der Waals surface area contributed by atoms with Gasteiger partial charge in [-0.15, -0.1) is 12.4 Å². The highest BCUT2D eigenvalue weighted by molar-refractivity contribution is 5.85. The van der Waals surface area contributed by atoms with Crippen molar-refractivity contribution in [1.82, 2.24) is 9.80 Å². The summed E-state index contributed by atoms with van der Waals surface area (Å²) in [7, 11) is 0. The van der Waals surface area contributed by atoms with Crippen LogP contribution >= 0.6 is 12.4 Å². The lowest BCUT2D eigenvalue weighted by Crippen LogP contribution is -2.33. The van der Waals surface area contributed by atoms with Gasteiger partial charge in [0.1, 0.15) is 5.82 Å². The number of rotatable bonds is 4. The molecule has 108 valence electrons. The van der Waals surface area contributed by atoms with Gasteiger partial charge in [-0.3, -0.25) is 4.90 Å². The first-order chi connectivity index (χ1) is 8.78. The lowest BCUT2D eigenvalue weighted by molar-refractivity contribution is 0.255. The van der Waals surface area contributed by atoms with Gasteiger partial charge in [0.2, 0.25) is 0 Å². The molecular formula is C14H23ClFN3. The molecule has 0 radical (unpaired) electrons. The molecule has 1 fully saturated rings. The molecule has 19 heavy (non-hydrogen) atoms. The molecule has 5 heteroatoms. The highest BCUT2D eigenvalue weighted by Crippen LogP contribution is 2.09. The first kappa shape index (κ1) is 16.4. The lowest BCUT2D eigenvalue weighted by atomic mass is 10.2. The van der Waals surface area contributed by atoms with E-state index in [-0.39, 0.29) is 18.2 Å². The van der Waals surface area contributed by atoms with E-state index in [0.717, 1.165) is 45.8 Å². The molecule has 0 aromatic heterocycles. The molecule has 0 spiro atoms. The maximum Gasteiger partial charge on any atom is 0.123 e. The van der Waals surface area contributed by atoms with Gasteiger partial charge in [0.25, 0.3) is 0 Å². The third kappa shape index (κ3) is 5.45.